The first-order chi connectivity index (χ1) is 4.72. The molecular formula is C6H13N3O. The largest absolute Gasteiger partial charge is 0.320 e. The molecule has 1 saturated heterocycles. The van der Waals surface area contributed by atoms with E-state index in [0.29, 0.717) is 0 Å². The highest BCUT2D eigenvalue weighted by Crippen LogP contribution is 1.97. The Morgan fingerprint density at radius 3 is 2.90 bits per heavy atom. The van der Waals surface area contributed by atoms with Gasteiger partial charge in [-0.05, 0) is 13.3 Å². The van der Waals surface area contributed by atoms with Crippen molar-refractivity contribution >= 4 is 5.91 Å². The zero-order chi connectivity index (χ0) is 7.56. The van der Waals surface area contributed by atoms with Gasteiger partial charge in [0, 0.05) is 13.1 Å². The molecule has 0 bridgehead atoms. The van der Waals surface area contributed by atoms with Crippen molar-refractivity contribution < 1.29 is 4.79 Å². The van der Waals surface area contributed by atoms with Crippen molar-refractivity contribution in [1.29, 1.82) is 0 Å². The van der Waals surface area contributed by atoms with Crippen LogP contribution in [-0.2, 0) is 4.79 Å². The Bertz CT molecular complexity index is 129. The lowest BCUT2D eigenvalue weighted by atomic mass is 10.3. The number of amides is 1. The van der Waals surface area contributed by atoms with E-state index in [1.54, 1.807) is 11.9 Å². The quantitative estimate of drug-likeness (QED) is 0.498. The van der Waals surface area contributed by atoms with Crippen LogP contribution in [0.1, 0.15) is 13.3 Å². The van der Waals surface area contributed by atoms with Gasteiger partial charge in [0.2, 0.25) is 0 Å². The first kappa shape index (κ1) is 7.50. The third kappa shape index (κ3) is 1.46. The second-order valence-electron chi connectivity index (χ2n) is 2.54. The fraction of sp³-hybridized carbons (Fsp3) is 0.833. The van der Waals surface area contributed by atoms with Crippen LogP contribution in [0.15, 0.2) is 0 Å². The van der Waals surface area contributed by atoms with Crippen LogP contribution < -0.4 is 11.2 Å². The predicted octanol–water partition coefficient (Wildman–Crippen LogP) is -0.929. The Morgan fingerprint density at radius 2 is 2.50 bits per heavy atom. The third-order valence-corrected chi connectivity index (χ3v) is 1.52. The van der Waals surface area contributed by atoms with Crippen molar-refractivity contribution in [2.24, 2.45) is 5.73 Å². The second-order valence-corrected chi connectivity index (χ2v) is 2.54. The molecule has 0 aromatic heterocycles. The van der Waals surface area contributed by atoms with Crippen LogP contribution in [0, 0.1) is 0 Å². The molecular weight excluding hydrogens is 130 g/mol. The highest BCUT2D eigenvalue weighted by atomic mass is 16.2. The Balaban J connectivity index is 2.40. The van der Waals surface area contributed by atoms with E-state index in [0.717, 1.165) is 19.5 Å². The summed E-state index contributed by atoms with van der Waals surface area (Å²) in [6.45, 7) is 3.38. The summed E-state index contributed by atoms with van der Waals surface area (Å²) in [6.07, 6.45) is 1.03. The maximum atomic E-state index is 11.1. The lowest BCUT2D eigenvalue weighted by Crippen LogP contribution is -2.45. The summed E-state index contributed by atoms with van der Waals surface area (Å²) in [5, 5.41) is 1.59. The summed E-state index contributed by atoms with van der Waals surface area (Å²) in [5.74, 6) is -0.0162. The number of hydrazine groups is 1. The Labute approximate surface area is 60.3 Å². The van der Waals surface area contributed by atoms with E-state index in [1.807, 2.05) is 0 Å². The molecule has 0 aliphatic carbocycles. The molecule has 0 spiro atoms. The van der Waals surface area contributed by atoms with Gasteiger partial charge in [-0.15, -0.1) is 0 Å². The van der Waals surface area contributed by atoms with Crippen LogP contribution in [0.5, 0.6) is 0 Å². The molecule has 1 rings (SSSR count). The van der Waals surface area contributed by atoms with Crippen LogP contribution in [0.4, 0.5) is 0 Å². The van der Waals surface area contributed by atoms with Gasteiger partial charge in [0.05, 0.1) is 6.04 Å². The lowest BCUT2D eigenvalue weighted by molar-refractivity contribution is -0.133. The summed E-state index contributed by atoms with van der Waals surface area (Å²) in [6, 6.07) is -0.384. The van der Waals surface area contributed by atoms with E-state index >= 15 is 0 Å². The van der Waals surface area contributed by atoms with Gasteiger partial charge in [0.25, 0.3) is 5.91 Å². The summed E-state index contributed by atoms with van der Waals surface area (Å²) in [5.41, 5.74) is 8.33. The predicted molar refractivity (Wildman–Crippen MR) is 38.0 cm³/mol. The number of carbonyl (C=O) groups excluding carboxylic acids is 1. The highest BCUT2D eigenvalue weighted by molar-refractivity contribution is 5.80. The molecule has 3 N–H and O–H groups in total. The Kier molecular flexibility index (Phi) is 2.24. The number of rotatable bonds is 1. The Hall–Kier alpha value is -0.610. The average Bonchev–Trinajstić information content (AvgIpc) is 2.36. The van der Waals surface area contributed by atoms with E-state index < -0.39 is 0 Å². The number of nitrogens with two attached hydrogens (primary N) is 1. The first-order valence-electron chi connectivity index (χ1n) is 3.52. The number of nitrogens with one attached hydrogen (secondary N) is 1. The van der Waals surface area contributed by atoms with Gasteiger partial charge in [-0.3, -0.25) is 9.80 Å². The van der Waals surface area contributed by atoms with Crippen LogP contribution in [0.3, 0.4) is 0 Å². The standard InChI is InChI=1S/C6H13N3O/c1-5(7)6(10)9-4-2-3-8-9/h5,8H,2-4,7H2,1H3. The molecule has 0 aromatic rings. The van der Waals surface area contributed by atoms with E-state index in [-0.39, 0.29) is 11.9 Å². The summed E-state index contributed by atoms with van der Waals surface area (Å²) in [7, 11) is 0. The van der Waals surface area contributed by atoms with Crippen molar-refractivity contribution in [2.45, 2.75) is 19.4 Å². The van der Waals surface area contributed by atoms with Gasteiger partial charge < -0.3 is 5.73 Å². The van der Waals surface area contributed by atoms with Crippen LogP contribution in [0.2, 0.25) is 0 Å². The minimum absolute atomic E-state index is 0.0162. The van der Waals surface area contributed by atoms with Gasteiger partial charge >= 0.3 is 0 Å². The first-order valence-corrected chi connectivity index (χ1v) is 3.52. The molecule has 1 heterocycles. The number of carbonyl (C=O) groups is 1. The topological polar surface area (TPSA) is 58.4 Å². The summed E-state index contributed by atoms with van der Waals surface area (Å²) in [4.78, 5) is 11.1. The third-order valence-electron chi connectivity index (χ3n) is 1.52. The van der Waals surface area contributed by atoms with E-state index in [2.05, 4.69) is 5.43 Å². The molecule has 0 radical (unpaired) electrons. The molecule has 1 aliphatic rings. The highest BCUT2D eigenvalue weighted by Gasteiger charge is 2.19. The molecule has 1 fully saturated rings. The van der Waals surface area contributed by atoms with Gasteiger partial charge in [0.15, 0.2) is 0 Å². The molecule has 10 heavy (non-hydrogen) atoms. The van der Waals surface area contributed by atoms with Gasteiger partial charge in [-0.1, -0.05) is 0 Å². The van der Waals surface area contributed by atoms with E-state index in [9.17, 15) is 4.79 Å². The van der Waals surface area contributed by atoms with Crippen molar-refractivity contribution in [2.75, 3.05) is 13.1 Å². The monoisotopic (exact) mass is 143 g/mol. The fourth-order valence-electron chi connectivity index (χ4n) is 0.964. The van der Waals surface area contributed by atoms with Crippen molar-refractivity contribution in [3.63, 3.8) is 0 Å². The minimum atomic E-state index is -0.384. The molecule has 4 heteroatoms. The average molecular weight is 143 g/mol. The van der Waals surface area contributed by atoms with Gasteiger partial charge in [0.1, 0.15) is 0 Å². The Morgan fingerprint density at radius 1 is 1.80 bits per heavy atom. The minimum Gasteiger partial charge on any atom is -0.320 e. The van der Waals surface area contributed by atoms with E-state index in [4.69, 9.17) is 5.73 Å². The molecule has 1 aliphatic heterocycles. The van der Waals surface area contributed by atoms with Gasteiger partial charge in [-0.2, -0.15) is 0 Å². The summed E-state index contributed by atoms with van der Waals surface area (Å²) >= 11 is 0. The number of nitrogens with zero attached hydrogens (tertiary/aromatic N) is 1. The molecule has 1 amide bonds. The molecule has 1 atom stereocenters. The van der Waals surface area contributed by atoms with Crippen molar-refractivity contribution in [3.8, 4) is 0 Å². The molecule has 58 valence electrons. The molecule has 1 unspecified atom stereocenters. The fourth-order valence-corrected chi connectivity index (χ4v) is 0.964. The summed E-state index contributed by atoms with van der Waals surface area (Å²) < 4.78 is 0. The molecule has 0 aromatic carbocycles. The van der Waals surface area contributed by atoms with Crippen molar-refractivity contribution in [1.82, 2.24) is 10.4 Å². The normalized spacial score (nSPS) is 21.2. The van der Waals surface area contributed by atoms with E-state index in [1.165, 1.54) is 0 Å². The van der Waals surface area contributed by atoms with Crippen molar-refractivity contribution in [3.05, 3.63) is 0 Å². The van der Waals surface area contributed by atoms with Gasteiger partial charge in [-0.25, -0.2) is 5.43 Å². The zero-order valence-corrected chi connectivity index (χ0v) is 6.13. The maximum Gasteiger partial charge on any atom is 0.253 e. The molecule has 4 nitrogen and oxygen atoms in total. The van der Waals surface area contributed by atoms with Crippen LogP contribution >= 0.6 is 0 Å². The maximum absolute atomic E-state index is 11.1. The second kappa shape index (κ2) is 2.98. The SMILES string of the molecule is CC(N)C(=O)N1CCCN1. The van der Waals surface area contributed by atoms with Crippen LogP contribution in [0.25, 0.3) is 0 Å². The molecule has 0 saturated carbocycles. The smallest absolute Gasteiger partial charge is 0.253 e. The zero-order valence-electron chi connectivity index (χ0n) is 6.13. The van der Waals surface area contributed by atoms with Crippen LogP contribution in [-0.4, -0.2) is 30.0 Å². The number of hydrogen-bond acceptors (Lipinski definition) is 3. The lowest BCUT2D eigenvalue weighted by Gasteiger charge is -2.17. The number of hydrogen-bond donors (Lipinski definition) is 2.